The molecule has 4 rings (SSSR count). The Morgan fingerprint density at radius 3 is 1.41 bits per heavy atom. The minimum Gasteiger partial charge on any atom is -0.298 e. The molecule has 0 radical (unpaired) electrons. The molecule has 0 fully saturated rings. The summed E-state index contributed by atoms with van der Waals surface area (Å²) in [6, 6.07) is 12.8. The summed E-state index contributed by atoms with van der Waals surface area (Å²) < 4.78 is 0. The summed E-state index contributed by atoms with van der Waals surface area (Å²) in [6.07, 6.45) is -0.126. The molecule has 2 heterocycles. The fraction of sp³-hybridized carbons (Fsp3) is 0.150. The van der Waals surface area contributed by atoms with Gasteiger partial charge in [-0.2, -0.15) is 0 Å². The lowest BCUT2D eigenvalue weighted by atomic mass is 10.1. The van der Waals surface area contributed by atoms with E-state index in [9.17, 15) is 24.0 Å². The molecule has 0 spiro atoms. The summed E-state index contributed by atoms with van der Waals surface area (Å²) in [5.74, 6) is -2.30. The molecule has 27 heavy (non-hydrogen) atoms. The van der Waals surface area contributed by atoms with Crippen molar-refractivity contribution in [3.63, 3.8) is 0 Å². The fourth-order valence-electron chi connectivity index (χ4n) is 3.32. The first-order valence-corrected chi connectivity index (χ1v) is 8.41. The van der Waals surface area contributed by atoms with Crippen molar-refractivity contribution in [3.05, 3.63) is 70.8 Å². The number of carbonyl (C=O) groups is 5. The Kier molecular flexibility index (Phi) is 3.92. The number of carbonyl (C=O) groups excluding carboxylic acids is 5. The smallest absolute Gasteiger partial charge is 0.261 e. The maximum atomic E-state index is 12.3. The van der Waals surface area contributed by atoms with Crippen molar-refractivity contribution < 1.29 is 24.0 Å². The van der Waals surface area contributed by atoms with Crippen LogP contribution in [0.15, 0.2) is 48.5 Å². The van der Waals surface area contributed by atoms with Crippen molar-refractivity contribution in [1.82, 2.24) is 9.80 Å². The van der Waals surface area contributed by atoms with E-state index >= 15 is 0 Å². The highest BCUT2D eigenvalue weighted by Crippen LogP contribution is 2.24. The molecule has 134 valence electrons. The Morgan fingerprint density at radius 2 is 1.00 bits per heavy atom. The first-order valence-electron chi connectivity index (χ1n) is 8.41. The Balaban J connectivity index is 1.41. The van der Waals surface area contributed by atoms with Crippen molar-refractivity contribution >= 4 is 29.4 Å². The predicted molar refractivity (Wildman–Crippen MR) is 93.2 cm³/mol. The van der Waals surface area contributed by atoms with Crippen LogP contribution in [0.25, 0.3) is 0 Å². The van der Waals surface area contributed by atoms with E-state index in [0.717, 1.165) is 9.80 Å². The number of imide groups is 2. The number of benzene rings is 2. The van der Waals surface area contributed by atoms with Gasteiger partial charge in [0.05, 0.1) is 28.8 Å². The van der Waals surface area contributed by atoms with Crippen LogP contribution < -0.4 is 0 Å². The van der Waals surface area contributed by atoms with Gasteiger partial charge in [0.15, 0.2) is 5.78 Å². The number of ketones is 1. The van der Waals surface area contributed by atoms with Gasteiger partial charge >= 0.3 is 0 Å². The molecule has 7 nitrogen and oxygen atoms in total. The van der Waals surface area contributed by atoms with Gasteiger partial charge in [-0.25, -0.2) is 0 Å². The molecule has 7 heteroatoms. The second-order valence-electron chi connectivity index (χ2n) is 6.34. The Labute approximate surface area is 154 Å². The number of hydrogen-bond acceptors (Lipinski definition) is 5. The van der Waals surface area contributed by atoms with Gasteiger partial charge in [-0.3, -0.25) is 33.8 Å². The van der Waals surface area contributed by atoms with Gasteiger partial charge in [0.1, 0.15) is 0 Å². The van der Waals surface area contributed by atoms with Crippen LogP contribution in [0.4, 0.5) is 0 Å². The van der Waals surface area contributed by atoms with E-state index in [4.69, 9.17) is 0 Å². The van der Waals surface area contributed by atoms with E-state index in [-0.39, 0.29) is 30.6 Å². The third kappa shape index (κ3) is 2.64. The molecule has 0 bridgehead atoms. The molecule has 2 aliphatic heterocycles. The summed E-state index contributed by atoms with van der Waals surface area (Å²) in [5.41, 5.74) is 1.18. The van der Waals surface area contributed by atoms with Crippen LogP contribution in [-0.2, 0) is 4.79 Å². The van der Waals surface area contributed by atoms with Crippen LogP contribution in [0.3, 0.4) is 0 Å². The summed E-state index contributed by atoms with van der Waals surface area (Å²) in [6.45, 7) is -0.468. The van der Waals surface area contributed by atoms with Gasteiger partial charge in [-0.05, 0) is 24.3 Å². The van der Waals surface area contributed by atoms with E-state index in [1.165, 1.54) is 0 Å². The highest BCUT2D eigenvalue weighted by molar-refractivity contribution is 6.23. The molecule has 0 aromatic heterocycles. The summed E-state index contributed by atoms with van der Waals surface area (Å²) >= 11 is 0. The Bertz CT molecular complexity index is 957. The van der Waals surface area contributed by atoms with Crippen molar-refractivity contribution in [3.8, 4) is 0 Å². The van der Waals surface area contributed by atoms with Crippen molar-refractivity contribution in [2.75, 3.05) is 13.1 Å². The summed E-state index contributed by atoms with van der Waals surface area (Å²) in [7, 11) is 0. The molecule has 0 unspecified atom stereocenters. The van der Waals surface area contributed by atoms with Gasteiger partial charge in [0, 0.05) is 13.0 Å². The quantitative estimate of drug-likeness (QED) is 0.753. The zero-order valence-electron chi connectivity index (χ0n) is 14.2. The summed E-state index contributed by atoms with van der Waals surface area (Å²) in [4.78, 5) is 63.4. The largest absolute Gasteiger partial charge is 0.298 e. The molecule has 0 N–H and O–H groups in total. The predicted octanol–water partition coefficient (Wildman–Crippen LogP) is 1.54. The normalized spacial score (nSPS) is 15.4. The van der Waals surface area contributed by atoms with Gasteiger partial charge < -0.3 is 0 Å². The molecule has 2 aliphatic rings. The maximum absolute atomic E-state index is 12.3. The molecule has 0 saturated heterocycles. The molecule has 2 aromatic rings. The van der Waals surface area contributed by atoms with Crippen molar-refractivity contribution in [2.24, 2.45) is 0 Å². The number of hydrogen-bond donors (Lipinski definition) is 0. The third-order valence-electron chi connectivity index (χ3n) is 4.71. The van der Waals surface area contributed by atoms with Crippen LogP contribution in [0.5, 0.6) is 0 Å². The first-order chi connectivity index (χ1) is 13.0. The Hall–Kier alpha value is -3.61. The fourth-order valence-corrected chi connectivity index (χ4v) is 3.32. The van der Waals surface area contributed by atoms with E-state index in [2.05, 4.69) is 0 Å². The molecule has 0 aliphatic carbocycles. The van der Waals surface area contributed by atoms with Crippen LogP contribution in [0.1, 0.15) is 47.9 Å². The average molecular weight is 362 g/mol. The van der Waals surface area contributed by atoms with Crippen molar-refractivity contribution in [2.45, 2.75) is 6.42 Å². The highest BCUT2D eigenvalue weighted by Gasteiger charge is 2.37. The standard InChI is InChI=1S/C20H14N2O5/c23-12(11-22-19(26)15-7-3-4-8-16(15)20(22)27)9-10-21-17(24)13-5-1-2-6-14(13)18(21)25/h1-8H,9-11H2. The van der Waals surface area contributed by atoms with Crippen molar-refractivity contribution in [1.29, 1.82) is 0 Å². The van der Waals surface area contributed by atoms with Crippen LogP contribution >= 0.6 is 0 Å². The SMILES string of the molecule is O=C(CCN1C(=O)c2ccccc2C1=O)CN1C(=O)c2ccccc2C1=O. The third-order valence-corrected chi connectivity index (χ3v) is 4.71. The molecule has 0 atom stereocenters. The highest BCUT2D eigenvalue weighted by atomic mass is 16.2. The topological polar surface area (TPSA) is 91.8 Å². The summed E-state index contributed by atoms with van der Waals surface area (Å²) in [5, 5.41) is 0. The number of Topliss-reactive ketones (excluding diaryl/α,β-unsaturated/α-hetero) is 1. The van der Waals surface area contributed by atoms with Gasteiger partial charge in [0.25, 0.3) is 23.6 Å². The monoisotopic (exact) mass is 362 g/mol. The van der Waals surface area contributed by atoms with Crippen LogP contribution in [0.2, 0.25) is 0 Å². The molecular weight excluding hydrogens is 348 g/mol. The van der Waals surface area contributed by atoms with E-state index in [0.29, 0.717) is 11.1 Å². The number of fused-ring (bicyclic) bond motifs is 2. The lowest BCUT2D eigenvalue weighted by Crippen LogP contribution is -2.37. The lowest BCUT2D eigenvalue weighted by molar-refractivity contribution is -0.119. The minimum atomic E-state index is -0.510. The zero-order valence-corrected chi connectivity index (χ0v) is 14.2. The first kappa shape index (κ1) is 16.8. The molecular formula is C20H14N2O5. The van der Waals surface area contributed by atoms with E-state index < -0.39 is 29.4 Å². The maximum Gasteiger partial charge on any atom is 0.261 e. The second-order valence-corrected chi connectivity index (χ2v) is 6.34. The number of amides is 4. The van der Waals surface area contributed by atoms with E-state index in [1.807, 2.05) is 0 Å². The minimum absolute atomic E-state index is 0.0889. The van der Waals surface area contributed by atoms with Gasteiger partial charge in [-0.15, -0.1) is 0 Å². The van der Waals surface area contributed by atoms with E-state index in [1.54, 1.807) is 48.5 Å². The molecule has 4 amide bonds. The zero-order chi connectivity index (χ0) is 19.1. The van der Waals surface area contributed by atoms with Crippen LogP contribution in [0, 0.1) is 0 Å². The number of nitrogens with zero attached hydrogens (tertiary/aromatic N) is 2. The lowest BCUT2D eigenvalue weighted by Gasteiger charge is -2.15. The second kappa shape index (κ2) is 6.28. The van der Waals surface area contributed by atoms with Gasteiger partial charge in [0.2, 0.25) is 0 Å². The number of rotatable bonds is 5. The Morgan fingerprint density at radius 1 is 0.630 bits per heavy atom. The molecule has 2 aromatic carbocycles. The molecule has 0 saturated carbocycles. The van der Waals surface area contributed by atoms with Crippen LogP contribution in [-0.4, -0.2) is 52.3 Å². The van der Waals surface area contributed by atoms with Gasteiger partial charge in [-0.1, -0.05) is 24.3 Å². The average Bonchev–Trinajstić information content (AvgIpc) is 3.07.